The molecule has 0 radical (unpaired) electrons. The topological polar surface area (TPSA) is 46.2 Å². The quantitative estimate of drug-likeness (QED) is 0.873. The Bertz CT molecular complexity index is 328. The van der Waals surface area contributed by atoms with Gasteiger partial charge in [-0.15, -0.1) is 0 Å². The SMILES string of the molecule is CC(N)(CO)Cc1ccc(Br)cc1F. The lowest BCUT2D eigenvalue weighted by Crippen LogP contribution is -2.42. The lowest BCUT2D eigenvalue weighted by molar-refractivity contribution is 0.207. The van der Waals surface area contributed by atoms with Crippen LogP contribution >= 0.6 is 15.9 Å². The van der Waals surface area contributed by atoms with Gasteiger partial charge < -0.3 is 10.8 Å². The highest BCUT2D eigenvalue weighted by atomic mass is 79.9. The van der Waals surface area contributed by atoms with Gasteiger partial charge in [-0.3, -0.25) is 0 Å². The van der Waals surface area contributed by atoms with E-state index in [2.05, 4.69) is 15.9 Å². The van der Waals surface area contributed by atoms with Crippen molar-refractivity contribution in [2.45, 2.75) is 18.9 Å². The van der Waals surface area contributed by atoms with E-state index in [9.17, 15) is 4.39 Å². The van der Waals surface area contributed by atoms with Crippen LogP contribution in [0.5, 0.6) is 0 Å². The maximum absolute atomic E-state index is 13.3. The van der Waals surface area contributed by atoms with Gasteiger partial charge in [-0.05, 0) is 31.0 Å². The highest BCUT2D eigenvalue weighted by Gasteiger charge is 2.19. The number of hydrogen-bond acceptors (Lipinski definition) is 2. The summed E-state index contributed by atoms with van der Waals surface area (Å²) in [7, 11) is 0. The molecule has 1 atom stereocenters. The number of hydrogen-bond donors (Lipinski definition) is 2. The zero-order valence-electron chi connectivity index (χ0n) is 7.93. The van der Waals surface area contributed by atoms with Crippen molar-refractivity contribution in [1.82, 2.24) is 0 Å². The molecule has 0 saturated heterocycles. The summed E-state index contributed by atoms with van der Waals surface area (Å²) in [5.74, 6) is -0.301. The monoisotopic (exact) mass is 261 g/mol. The minimum absolute atomic E-state index is 0.164. The van der Waals surface area contributed by atoms with Gasteiger partial charge in [0, 0.05) is 10.0 Å². The molecule has 0 fully saturated rings. The molecule has 0 amide bonds. The molecule has 0 saturated carbocycles. The molecule has 4 heteroatoms. The predicted molar refractivity (Wildman–Crippen MR) is 57.5 cm³/mol. The van der Waals surface area contributed by atoms with Gasteiger partial charge in [-0.25, -0.2) is 4.39 Å². The molecule has 1 rings (SSSR count). The van der Waals surface area contributed by atoms with Crippen molar-refractivity contribution in [3.8, 4) is 0 Å². The number of halogens is 2. The lowest BCUT2D eigenvalue weighted by atomic mass is 9.95. The summed E-state index contributed by atoms with van der Waals surface area (Å²) in [6, 6.07) is 4.81. The van der Waals surface area contributed by atoms with E-state index in [1.54, 1.807) is 19.1 Å². The standard InChI is InChI=1S/C10H13BrFNO/c1-10(13,6-14)5-7-2-3-8(11)4-9(7)12/h2-4,14H,5-6,13H2,1H3. The fourth-order valence-corrected chi connectivity index (χ4v) is 1.49. The molecule has 14 heavy (non-hydrogen) atoms. The molecule has 0 spiro atoms. The minimum atomic E-state index is -0.769. The van der Waals surface area contributed by atoms with Crippen molar-refractivity contribution in [2.24, 2.45) is 5.73 Å². The fourth-order valence-electron chi connectivity index (χ4n) is 1.16. The Morgan fingerprint density at radius 2 is 2.21 bits per heavy atom. The molecule has 0 aliphatic carbocycles. The van der Waals surface area contributed by atoms with Crippen LogP contribution in [0, 0.1) is 5.82 Å². The summed E-state index contributed by atoms with van der Waals surface area (Å²) >= 11 is 3.17. The van der Waals surface area contributed by atoms with Gasteiger partial charge in [-0.2, -0.15) is 0 Å². The fraction of sp³-hybridized carbons (Fsp3) is 0.400. The average molecular weight is 262 g/mol. The summed E-state index contributed by atoms with van der Waals surface area (Å²) in [5, 5.41) is 8.94. The zero-order valence-corrected chi connectivity index (χ0v) is 9.51. The van der Waals surface area contributed by atoms with Crippen LogP contribution in [0.25, 0.3) is 0 Å². The van der Waals surface area contributed by atoms with Crippen molar-refractivity contribution < 1.29 is 9.50 Å². The maximum atomic E-state index is 13.3. The second kappa shape index (κ2) is 4.38. The van der Waals surface area contributed by atoms with Crippen LogP contribution in [-0.4, -0.2) is 17.3 Å². The Hall–Kier alpha value is -0.450. The summed E-state index contributed by atoms with van der Waals surface area (Å²) in [6.45, 7) is 1.52. The van der Waals surface area contributed by atoms with Gasteiger partial charge in [0.05, 0.1) is 6.61 Å². The smallest absolute Gasteiger partial charge is 0.127 e. The van der Waals surface area contributed by atoms with Crippen molar-refractivity contribution in [3.63, 3.8) is 0 Å². The first kappa shape index (κ1) is 11.6. The third-order valence-electron chi connectivity index (χ3n) is 1.97. The first-order chi connectivity index (χ1) is 6.44. The normalized spacial score (nSPS) is 15.2. The molecule has 0 aliphatic heterocycles. The van der Waals surface area contributed by atoms with Crippen LogP contribution in [0.4, 0.5) is 4.39 Å². The van der Waals surface area contributed by atoms with Crippen molar-refractivity contribution in [3.05, 3.63) is 34.1 Å². The molecule has 0 bridgehead atoms. The number of nitrogens with two attached hydrogens (primary N) is 1. The highest BCUT2D eigenvalue weighted by molar-refractivity contribution is 9.10. The molecular formula is C10H13BrFNO. The van der Waals surface area contributed by atoms with Gasteiger partial charge in [-0.1, -0.05) is 22.0 Å². The number of rotatable bonds is 3. The molecule has 1 unspecified atom stereocenters. The van der Waals surface area contributed by atoms with Crippen LogP contribution in [0.2, 0.25) is 0 Å². The summed E-state index contributed by atoms with van der Waals surface area (Å²) in [5.41, 5.74) is 5.48. The number of aliphatic hydroxyl groups excluding tert-OH is 1. The Kier molecular flexibility index (Phi) is 3.64. The Morgan fingerprint density at radius 1 is 1.57 bits per heavy atom. The molecule has 78 valence electrons. The van der Waals surface area contributed by atoms with E-state index in [-0.39, 0.29) is 12.4 Å². The molecule has 0 aliphatic rings. The van der Waals surface area contributed by atoms with E-state index < -0.39 is 5.54 Å². The van der Waals surface area contributed by atoms with Gasteiger partial charge >= 0.3 is 0 Å². The van der Waals surface area contributed by atoms with E-state index in [0.29, 0.717) is 16.5 Å². The first-order valence-corrected chi connectivity index (χ1v) is 5.07. The van der Waals surface area contributed by atoms with E-state index >= 15 is 0 Å². The number of aliphatic hydroxyl groups is 1. The Balaban J connectivity index is 2.87. The Labute approximate surface area is 91.1 Å². The second-order valence-electron chi connectivity index (χ2n) is 3.72. The highest BCUT2D eigenvalue weighted by Crippen LogP contribution is 2.18. The zero-order chi connectivity index (χ0) is 10.8. The van der Waals surface area contributed by atoms with E-state index in [0.717, 1.165) is 0 Å². The molecule has 1 aromatic carbocycles. The predicted octanol–water partition coefficient (Wildman–Crippen LogP) is 1.84. The van der Waals surface area contributed by atoms with Gasteiger partial charge in [0.25, 0.3) is 0 Å². The first-order valence-electron chi connectivity index (χ1n) is 4.28. The van der Waals surface area contributed by atoms with Crippen LogP contribution in [0.15, 0.2) is 22.7 Å². The summed E-state index contributed by atoms with van der Waals surface area (Å²) < 4.78 is 14.0. The minimum Gasteiger partial charge on any atom is -0.394 e. The third-order valence-corrected chi connectivity index (χ3v) is 2.46. The van der Waals surface area contributed by atoms with Gasteiger partial charge in [0.1, 0.15) is 5.82 Å². The molecule has 1 aromatic rings. The van der Waals surface area contributed by atoms with Crippen LogP contribution in [-0.2, 0) is 6.42 Å². The lowest BCUT2D eigenvalue weighted by Gasteiger charge is -2.21. The largest absolute Gasteiger partial charge is 0.394 e. The van der Waals surface area contributed by atoms with Gasteiger partial charge in [0.15, 0.2) is 0 Å². The van der Waals surface area contributed by atoms with Crippen molar-refractivity contribution >= 4 is 15.9 Å². The summed E-state index contributed by atoms with van der Waals surface area (Å²) in [4.78, 5) is 0. The van der Waals surface area contributed by atoms with Crippen LogP contribution in [0.3, 0.4) is 0 Å². The third kappa shape index (κ3) is 3.04. The van der Waals surface area contributed by atoms with E-state index in [4.69, 9.17) is 10.8 Å². The van der Waals surface area contributed by atoms with Crippen LogP contribution in [0.1, 0.15) is 12.5 Å². The van der Waals surface area contributed by atoms with Crippen molar-refractivity contribution in [1.29, 1.82) is 0 Å². The second-order valence-corrected chi connectivity index (χ2v) is 4.64. The molecule has 0 heterocycles. The molecule has 0 aromatic heterocycles. The molecule has 2 nitrogen and oxygen atoms in total. The van der Waals surface area contributed by atoms with E-state index in [1.165, 1.54) is 6.07 Å². The Morgan fingerprint density at radius 3 is 2.71 bits per heavy atom. The van der Waals surface area contributed by atoms with Gasteiger partial charge in [0.2, 0.25) is 0 Å². The average Bonchev–Trinajstić information content (AvgIpc) is 2.10. The van der Waals surface area contributed by atoms with E-state index in [1.807, 2.05) is 0 Å². The summed E-state index contributed by atoms with van der Waals surface area (Å²) in [6.07, 6.45) is 0.322. The van der Waals surface area contributed by atoms with Crippen molar-refractivity contribution in [2.75, 3.05) is 6.61 Å². The number of benzene rings is 1. The van der Waals surface area contributed by atoms with Crippen LogP contribution < -0.4 is 5.73 Å². The molecular weight excluding hydrogens is 249 g/mol. The maximum Gasteiger partial charge on any atom is 0.127 e. The molecule has 3 N–H and O–H groups in total.